The molecule has 0 bridgehead atoms. The summed E-state index contributed by atoms with van der Waals surface area (Å²) in [7, 11) is 0. The van der Waals surface area contributed by atoms with Crippen LogP contribution in [0, 0.1) is 0 Å². The molecular weight excluding hydrogens is 839 g/mol. The minimum Gasteiger partial charge on any atom is -0.394 e. The van der Waals surface area contributed by atoms with Crippen molar-refractivity contribution in [3.63, 3.8) is 0 Å². The van der Waals surface area contributed by atoms with Crippen molar-refractivity contribution in [3.05, 3.63) is 24.3 Å². The zero-order chi connectivity index (χ0) is 49.5. The van der Waals surface area contributed by atoms with Gasteiger partial charge in [0.25, 0.3) is 0 Å². The van der Waals surface area contributed by atoms with E-state index in [1.54, 1.807) is 0 Å². The maximum Gasteiger partial charge on any atom is 0.249 e. The van der Waals surface area contributed by atoms with Gasteiger partial charge in [-0.15, -0.1) is 0 Å². The minimum absolute atomic E-state index is 0.365. The van der Waals surface area contributed by atoms with E-state index in [0.29, 0.717) is 19.3 Å². The van der Waals surface area contributed by atoms with Crippen LogP contribution in [0.4, 0.5) is 0 Å². The maximum absolute atomic E-state index is 12.6. The van der Waals surface area contributed by atoms with Crippen molar-refractivity contribution >= 4 is 5.91 Å². The summed E-state index contributed by atoms with van der Waals surface area (Å²) in [5.41, 5.74) is 0. The second-order valence-corrected chi connectivity index (χ2v) is 21.4. The number of hydrogen-bond acceptors (Lipinski definition) is 5. The highest BCUT2D eigenvalue weighted by atomic mass is 16.3. The number of rotatable bonds is 57. The Hall–Kier alpha value is -1.21. The number of nitrogens with one attached hydrogen (secondary N) is 1. The maximum atomic E-state index is 12.6. The Bertz CT molecular complexity index is 1030. The van der Waals surface area contributed by atoms with Gasteiger partial charge in [0.05, 0.1) is 18.8 Å². The molecule has 404 valence electrons. The van der Waals surface area contributed by atoms with Gasteiger partial charge in [-0.2, -0.15) is 0 Å². The number of hydrogen-bond donors (Lipinski definition) is 5. The first kappa shape index (κ1) is 66.8. The van der Waals surface area contributed by atoms with Crippen LogP contribution in [0.1, 0.15) is 335 Å². The number of aliphatic hydroxyl groups is 4. The lowest BCUT2D eigenvalue weighted by atomic mass is 10.00. The van der Waals surface area contributed by atoms with Gasteiger partial charge in [-0.05, 0) is 51.4 Å². The number of amides is 1. The molecule has 6 heteroatoms. The van der Waals surface area contributed by atoms with Crippen LogP contribution in [0.5, 0.6) is 0 Å². The third-order valence-corrected chi connectivity index (χ3v) is 14.6. The zero-order valence-corrected chi connectivity index (χ0v) is 45.9. The normalized spacial score (nSPS) is 13.8. The summed E-state index contributed by atoms with van der Waals surface area (Å²) in [5.74, 6) is -0.591. The average molecular weight is 961 g/mol. The summed E-state index contributed by atoms with van der Waals surface area (Å²) in [6.45, 7) is 4.09. The summed E-state index contributed by atoms with van der Waals surface area (Å²) < 4.78 is 0. The molecule has 4 unspecified atom stereocenters. The van der Waals surface area contributed by atoms with E-state index in [2.05, 4.69) is 43.5 Å². The van der Waals surface area contributed by atoms with Crippen LogP contribution in [-0.2, 0) is 4.79 Å². The second kappa shape index (κ2) is 56.7. The third kappa shape index (κ3) is 49.8. The molecule has 0 rings (SSSR count). The molecule has 0 aromatic rings. The monoisotopic (exact) mass is 960 g/mol. The number of aliphatic hydroxyl groups excluding tert-OH is 4. The highest BCUT2D eigenvalue weighted by Gasteiger charge is 2.28. The standard InChI is InChI=1S/C62H121NO5/c1-3-5-7-9-11-13-15-17-19-21-23-25-27-29-30-31-32-34-35-37-39-41-43-45-47-49-51-53-55-59(65)61(67)58(57-64)63-62(68)60(66)56-54-52-50-48-46-44-42-40-38-36-33-28-26-24-22-20-18-16-14-12-10-8-6-4-2/h39,41,47,49,58-61,64-67H,3-38,40,42-46,48,50-57H2,1-2H3,(H,63,68)/b41-39+,49-47+. The van der Waals surface area contributed by atoms with Gasteiger partial charge in [0.15, 0.2) is 0 Å². The van der Waals surface area contributed by atoms with Crippen LogP contribution < -0.4 is 5.32 Å². The lowest BCUT2D eigenvalue weighted by Gasteiger charge is -2.27. The van der Waals surface area contributed by atoms with Gasteiger partial charge in [-0.25, -0.2) is 0 Å². The van der Waals surface area contributed by atoms with Gasteiger partial charge >= 0.3 is 0 Å². The zero-order valence-electron chi connectivity index (χ0n) is 45.9. The number of carbonyl (C=O) groups is 1. The molecule has 5 N–H and O–H groups in total. The van der Waals surface area contributed by atoms with E-state index in [-0.39, 0.29) is 0 Å². The third-order valence-electron chi connectivity index (χ3n) is 14.6. The number of allylic oxidation sites excluding steroid dienone is 4. The lowest BCUT2D eigenvalue weighted by molar-refractivity contribution is -0.132. The average Bonchev–Trinajstić information content (AvgIpc) is 3.34. The van der Waals surface area contributed by atoms with Gasteiger partial charge in [0.1, 0.15) is 12.2 Å². The van der Waals surface area contributed by atoms with Gasteiger partial charge < -0.3 is 25.7 Å². The Labute approximate surface area is 425 Å². The van der Waals surface area contributed by atoms with E-state index in [4.69, 9.17) is 0 Å². The fourth-order valence-electron chi connectivity index (χ4n) is 9.84. The molecule has 0 aromatic carbocycles. The van der Waals surface area contributed by atoms with E-state index < -0.39 is 36.9 Å². The van der Waals surface area contributed by atoms with Crippen LogP contribution in [0.3, 0.4) is 0 Å². The molecule has 6 nitrogen and oxygen atoms in total. The van der Waals surface area contributed by atoms with E-state index in [1.165, 1.54) is 263 Å². The molecule has 0 fully saturated rings. The summed E-state index contributed by atoms with van der Waals surface area (Å²) in [6.07, 6.45) is 69.9. The SMILES string of the molecule is CCCCCCCCCCCCCCCCCCCCC/C=C/CC/C=C/CCCC(O)C(O)C(CO)NC(=O)C(O)CCCCCCCCCCCCCCCCCCCCCCCCCC. The Morgan fingerprint density at radius 3 is 0.926 bits per heavy atom. The molecule has 1 amide bonds. The Balaban J connectivity index is 3.63. The summed E-state index contributed by atoms with van der Waals surface area (Å²) >= 11 is 0. The highest BCUT2D eigenvalue weighted by Crippen LogP contribution is 2.18. The molecule has 0 radical (unpaired) electrons. The van der Waals surface area contributed by atoms with Crippen LogP contribution in [-0.4, -0.2) is 57.3 Å². The topological polar surface area (TPSA) is 110 Å². The molecule has 0 aliphatic rings. The van der Waals surface area contributed by atoms with E-state index in [1.807, 2.05) is 0 Å². The van der Waals surface area contributed by atoms with E-state index in [0.717, 1.165) is 38.5 Å². The molecule has 0 aliphatic carbocycles. The molecule has 0 aliphatic heterocycles. The van der Waals surface area contributed by atoms with Crippen molar-refractivity contribution in [1.29, 1.82) is 0 Å². The van der Waals surface area contributed by atoms with Gasteiger partial charge in [0.2, 0.25) is 5.91 Å². The van der Waals surface area contributed by atoms with Crippen LogP contribution in [0.2, 0.25) is 0 Å². The second-order valence-electron chi connectivity index (χ2n) is 21.4. The van der Waals surface area contributed by atoms with Crippen LogP contribution in [0.25, 0.3) is 0 Å². The van der Waals surface area contributed by atoms with Crippen molar-refractivity contribution in [3.8, 4) is 0 Å². The molecular formula is C62H121NO5. The largest absolute Gasteiger partial charge is 0.394 e. The first-order chi connectivity index (χ1) is 33.5. The molecule has 68 heavy (non-hydrogen) atoms. The van der Waals surface area contributed by atoms with Gasteiger partial charge in [-0.3, -0.25) is 4.79 Å². The molecule has 0 saturated carbocycles. The summed E-state index contributed by atoms with van der Waals surface area (Å²) in [4.78, 5) is 12.6. The molecule has 0 saturated heterocycles. The smallest absolute Gasteiger partial charge is 0.249 e. The van der Waals surface area contributed by atoms with Crippen molar-refractivity contribution in [1.82, 2.24) is 5.32 Å². The Morgan fingerprint density at radius 2 is 0.618 bits per heavy atom. The first-order valence-electron chi connectivity index (χ1n) is 30.7. The van der Waals surface area contributed by atoms with Crippen molar-refractivity contribution < 1.29 is 25.2 Å². The molecule has 0 spiro atoms. The predicted molar refractivity (Wildman–Crippen MR) is 298 cm³/mol. The lowest BCUT2D eigenvalue weighted by Crippen LogP contribution is -2.53. The Kier molecular flexibility index (Phi) is 55.7. The summed E-state index contributed by atoms with van der Waals surface area (Å²) in [6, 6.07) is -1.01. The number of carbonyl (C=O) groups excluding carboxylic acids is 1. The fourth-order valence-corrected chi connectivity index (χ4v) is 9.84. The van der Waals surface area contributed by atoms with Gasteiger partial charge in [-0.1, -0.05) is 308 Å². The van der Waals surface area contributed by atoms with Gasteiger partial charge in [0, 0.05) is 0 Å². The van der Waals surface area contributed by atoms with Crippen LogP contribution in [0.15, 0.2) is 24.3 Å². The van der Waals surface area contributed by atoms with Crippen molar-refractivity contribution in [2.24, 2.45) is 0 Å². The quantitative estimate of drug-likeness (QED) is 0.0308. The van der Waals surface area contributed by atoms with Crippen molar-refractivity contribution in [2.45, 2.75) is 359 Å². The highest BCUT2D eigenvalue weighted by molar-refractivity contribution is 5.80. The molecule has 0 heterocycles. The minimum atomic E-state index is -1.29. The van der Waals surface area contributed by atoms with E-state index in [9.17, 15) is 25.2 Å². The van der Waals surface area contributed by atoms with Crippen LogP contribution >= 0.6 is 0 Å². The summed E-state index contributed by atoms with van der Waals surface area (Å²) in [5, 5.41) is 44.0. The predicted octanol–water partition coefficient (Wildman–Crippen LogP) is 18.2. The van der Waals surface area contributed by atoms with Crippen molar-refractivity contribution in [2.75, 3.05) is 6.61 Å². The number of unbranched alkanes of at least 4 members (excludes halogenated alkanes) is 44. The Morgan fingerprint density at radius 1 is 0.353 bits per heavy atom. The fraction of sp³-hybridized carbons (Fsp3) is 0.919. The first-order valence-corrected chi connectivity index (χ1v) is 30.7. The molecule has 4 atom stereocenters. The molecule has 0 aromatic heterocycles. The van der Waals surface area contributed by atoms with E-state index >= 15 is 0 Å².